The number of rotatable bonds is 7. The van der Waals surface area contributed by atoms with Crippen molar-refractivity contribution in [2.45, 2.75) is 44.8 Å². The van der Waals surface area contributed by atoms with Crippen LogP contribution in [0.5, 0.6) is 0 Å². The maximum Gasteiger partial charge on any atom is 0.255 e. The van der Waals surface area contributed by atoms with Crippen LogP contribution in [0.3, 0.4) is 0 Å². The van der Waals surface area contributed by atoms with Crippen molar-refractivity contribution in [3.63, 3.8) is 0 Å². The maximum absolute atomic E-state index is 9.70. The van der Waals surface area contributed by atoms with Crippen LogP contribution in [-0.4, -0.2) is 28.9 Å². The first-order valence-corrected chi connectivity index (χ1v) is 5.90. The van der Waals surface area contributed by atoms with Gasteiger partial charge in [0.25, 0.3) is 5.89 Å². The molecule has 0 saturated heterocycles. The second kappa shape index (κ2) is 6.09. The van der Waals surface area contributed by atoms with Crippen LogP contribution in [0.2, 0.25) is 0 Å². The predicted molar refractivity (Wildman–Crippen MR) is 62.2 cm³/mol. The molecule has 0 spiro atoms. The van der Waals surface area contributed by atoms with Crippen molar-refractivity contribution >= 4 is 0 Å². The van der Waals surface area contributed by atoms with Gasteiger partial charge in [0.1, 0.15) is 11.7 Å². The van der Waals surface area contributed by atoms with E-state index in [-0.39, 0.29) is 5.89 Å². The number of hydrogen-bond donors (Lipinski definition) is 2. The molecular weight excluding hydrogens is 222 g/mol. The fourth-order valence-corrected chi connectivity index (χ4v) is 1.78. The smallest absolute Gasteiger partial charge is 0.255 e. The van der Waals surface area contributed by atoms with Crippen LogP contribution in [-0.2, 0) is 10.3 Å². The van der Waals surface area contributed by atoms with Gasteiger partial charge in [0.15, 0.2) is 0 Å². The number of ether oxygens (including phenoxy) is 1. The summed E-state index contributed by atoms with van der Waals surface area (Å²) in [4.78, 5) is 4.21. The van der Waals surface area contributed by atoms with Crippen LogP contribution in [0.4, 0.5) is 0 Å². The van der Waals surface area contributed by atoms with Crippen LogP contribution >= 0.6 is 0 Å². The second-order valence-corrected chi connectivity index (χ2v) is 3.95. The summed E-state index contributed by atoms with van der Waals surface area (Å²) in [6, 6.07) is 0. The van der Waals surface area contributed by atoms with Gasteiger partial charge in [-0.25, -0.2) is 0 Å². The zero-order valence-corrected chi connectivity index (χ0v) is 10.6. The highest BCUT2D eigenvalue weighted by Crippen LogP contribution is 2.30. The minimum Gasteiger partial charge on any atom is -0.383 e. The Morgan fingerprint density at radius 2 is 2.12 bits per heavy atom. The van der Waals surface area contributed by atoms with E-state index < -0.39 is 11.7 Å². The van der Waals surface area contributed by atoms with Crippen molar-refractivity contribution in [1.82, 2.24) is 10.1 Å². The van der Waals surface area contributed by atoms with Crippen LogP contribution in [0, 0.1) is 0 Å². The zero-order valence-electron chi connectivity index (χ0n) is 10.6. The Bertz CT molecular complexity index is 328. The summed E-state index contributed by atoms with van der Waals surface area (Å²) in [7, 11) is 1.62. The molecule has 3 N–H and O–H groups in total. The van der Waals surface area contributed by atoms with E-state index in [2.05, 4.69) is 10.1 Å². The van der Waals surface area contributed by atoms with Gasteiger partial charge < -0.3 is 20.1 Å². The van der Waals surface area contributed by atoms with Gasteiger partial charge in [-0.1, -0.05) is 19.0 Å². The highest BCUT2D eigenvalue weighted by atomic mass is 16.5. The van der Waals surface area contributed by atoms with Crippen LogP contribution < -0.4 is 5.73 Å². The molecule has 17 heavy (non-hydrogen) atoms. The molecule has 0 unspecified atom stereocenters. The lowest BCUT2D eigenvalue weighted by atomic mass is 9.96. The van der Waals surface area contributed by atoms with Gasteiger partial charge in [-0.2, -0.15) is 4.98 Å². The summed E-state index contributed by atoms with van der Waals surface area (Å²) in [6.45, 7) is 4.37. The Kier molecular flexibility index (Phi) is 5.04. The van der Waals surface area contributed by atoms with Gasteiger partial charge in [0, 0.05) is 7.11 Å². The summed E-state index contributed by atoms with van der Waals surface area (Å²) < 4.78 is 10.5. The van der Waals surface area contributed by atoms with Crippen molar-refractivity contribution < 1.29 is 14.4 Å². The highest BCUT2D eigenvalue weighted by Gasteiger charge is 2.34. The van der Waals surface area contributed by atoms with Crippen LogP contribution in [0.25, 0.3) is 0 Å². The van der Waals surface area contributed by atoms with E-state index in [1.54, 1.807) is 7.11 Å². The number of nitrogens with two attached hydrogens (primary N) is 1. The SMILES string of the molecule is CCC(CC)(OC)c1noc([C@@H](O)CCN)n1. The normalized spacial score (nSPS) is 13.9. The molecule has 1 atom stereocenters. The van der Waals surface area contributed by atoms with Gasteiger partial charge in [0.05, 0.1) is 0 Å². The number of methoxy groups -OCH3 is 1. The fraction of sp³-hybridized carbons (Fsp3) is 0.818. The molecule has 0 aliphatic rings. The van der Waals surface area contributed by atoms with Crippen molar-refractivity contribution in [3.05, 3.63) is 11.7 Å². The summed E-state index contributed by atoms with van der Waals surface area (Å²) >= 11 is 0. The summed E-state index contributed by atoms with van der Waals surface area (Å²) in [5.74, 6) is 0.685. The van der Waals surface area contributed by atoms with Crippen LogP contribution in [0.15, 0.2) is 4.52 Å². The summed E-state index contributed by atoms with van der Waals surface area (Å²) in [5.41, 5.74) is 4.83. The molecule has 0 aromatic carbocycles. The number of aromatic nitrogens is 2. The average molecular weight is 243 g/mol. The van der Waals surface area contributed by atoms with E-state index in [4.69, 9.17) is 15.0 Å². The Labute approximate surface area is 101 Å². The number of nitrogens with zero attached hydrogens (tertiary/aromatic N) is 2. The average Bonchev–Trinajstić information content (AvgIpc) is 2.83. The van der Waals surface area contributed by atoms with E-state index in [0.717, 1.165) is 12.8 Å². The minimum atomic E-state index is -0.801. The molecule has 0 fully saturated rings. The highest BCUT2D eigenvalue weighted by molar-refractivity contribution is 5.02. The lowest BCUT2D eigenvalue weighted by molar-refractivity contribution is -0.0306. The third-order valence-corrected chi connectivity index (χ3v) is 3.11. The second-order valence-electron chi connectivity index (χ2n) is 3.95. The summed E-state index contributed by atoms with van der Waals surface area (Å²) in [6.07, 6.45) is 1.09. The first-order valence-electron chi connectivity index (χ1n) is 5.90. The molecule has 0 amide bonds. The molecule has 0 aliphatic carbocycles. The zero-order chi connectivity index (χ0) is 12.9. The Morgan fingerprint density at radius 1 is 1.47 bits per heavy atom. The molecule has 1 heterocycles. The molecular formula is C11H21N3O3. The fourth-order valence-electron chi connectivity index (χ4n) is 1.78. The number of aliphatic hydroxyl groups excluding tert-OH is 1. The van der Waals surface area contributed by atoms with Crippen molar-refractivity contribution in [2.24, 2.45) is 5.73 Å². The topological polar surface area (TPSA) is 94.4 Å². The molecule has 0 bridgehead atoms. The third-order valence-electron chi connectivity index (χ3n) is 3.11. The molecule has 6 nitrogen and oxygen atoms in total. The lowest BCUT2D eigenvalue weighted by Crippen LogP contribution is -2.28. The molecule has 98 valence electrons. The van der Waals surface area contributed by atoms with Gasteiger partial charge in [-0.05, 0) is 25.8 Å². The molecule has 1 aromatic rings. The van der Waals surface area contributed by atoms with E-state index in [1.807, 2.05) is 13.8 Å². The molecule has 0 saturated carbocycles. The lowest BCUT2D eigenvalue weighted by Gasteiger charge is -2.25. The van der Waals surface area contributed by atoms with E-state index in [1.165, 1.54) is 0 Å². The van der Waals surface area contributed by atoms with Crippen molar-refractivity contribution in [2.75, 3.05) is 13.7 Å². The Hall–Kier alpha value is -0.980. The predicted octanol–water partition coefficient (Wildman–Crippen LogP) is 1.11. The maximum atomic E-state index is 9.70. The van der Waals surface area contributed by atoms with Gasteiger partial charge >= 0.3 is 0 Å². The van der Waals surface area contributed by atoms with Gasteiger partial charge in [-0.15, -0.1) is 0 Å². The molecule has 0 radical (unpaired) electrons. The van der Waals surface area contributed by atoms with Crippen LogP contribution in [0.1, 0.15) is 50.9 Å². The molecule has 1 rings (SSSR count). The molecule has 1 aromatic heterocycles. The first-order chi connectivity index (χ1) is 8.13. The van der Waals surface area contributed by atoms with Crippen molar-refractivity contribution in [3.8, 4) is 0 Å². The van der Waals surface area contributed by atoms with Gasteiger partial charge in [0.2, 0.25) is 5.82 Å². The first kappa shape index (κ1) is 14.1. The molecule has 6 heteroatoms. The quantitative estimate of drug-likeness (QED) is 0.745. The Morgan fingerprint density at radius 3 is 2.59 bits per heavy atom. The largest absolute Gasteiger partial charge is 0.383 e. The summed E-state index contributed by atoms with van der Waals surface area (Å²) in [5, 5.41) is 13.6. The van der Waals surface area contributed by atoms with Crippen molar-refractivity contribution in [1.29, 1.82) is 0 Å². The number of hydrogen-bond acceptors (Lipinski definition) is 6. The monoisotopic (exact) mass is 243 g/mol. The number of aliphatic hydroxyl groups is 1. The minimum absolute atomic E-state index is 0.203. The van der Waals surface area contributed by atoms with E-state index >= 15 is 0 Å². The molecule has 0 aliphatic heterocycles. The Balaban J connectivity index is 2.92. The van der Waals surface area contributed by atoms with Gasteiger partial charge in [-0.3, -0.25) is 0 Å². The standard InChI is InChI=1S/C11H21N3O3/c1-4-11(5-2,16-3)10-13-9(17-14-10)8(15)6-7-12/h8,15H,4-7,12H2,1-3H3/t8-/m0/s1. The van der Waals surface area contributed by atoms with E-state index in [0.29, 0.717) is 18.8 Å². The third kappa shape index (κ3) is 2.83. The van der Waals surface area contributed by atoms with E-state index in [9.17, 15) is 5.11 Å².